The van der Waals surface area contributed by atoms with E-state index in [1.165, 1.54) is 32.3 Å². The van der Waals surface area contributed by atoms with E-state index in [-0.39, 0.29) is 35.5 Å². The molecule has 3 N–H and O–H groups in total. The van der Waals surface area contributed by atoms with E-state index in [4.69, 9.17) is 5.73 Å². The number of aromatic amines is 1. The molecule has 0 atom stereocenters. The van der Waals surface area contributed by atoms with E-state index in [0.29, 0.717) is 25.1 Å². The van der Waals surface area contributed by atoms with Gasteiger partial charge in [-0.15, -0.1) is 0 Å². The van der Waals surface area contributed by atoms with Gasteiger partial charge in [0.25, 0.3) is 11.5 Å². The molecule has 0 aliphatic heterocycles. The van der Waals surface area contributed by atoms with Crippen LogP contribution in [0.5, 0.6) is 0 Å². The summed E-state index contributed by atoms with van der Waals surface area (Å²) in [6.45, 7) is 6.53. The Bertz CT molecular complexity index is 1230. The normalized spacial score (nSPS) is 11.2. The zero-order valence-corrected chi connectivity index (χ0v) is 19.0. The van der Waals surface area contributed by atoms with Crippen molar-refractivity contribution in [3.05, 3.63) is 68.9 Å². The highest BCUT2D eigenvalue weighted by Crippen LogP contribution is 2.21. The first kappa shape index (κ1) is 24.0. The predicted molar refractivity (Wildman–Crippen MR) is 125 cm³/mol. The first-order valence-electron chi connectivity index (χ1n) is 11.0. The van der Waals surface area contributed by atoms with Gasteiger partial charge >= 0.3 is 5.69 Å². The minimum atomic E-state index is -0.722. The number of carbonyl (C=O) groups is 1. The number of hydrogen-bond donors (Lipinski definition) is 2. The Morgan fingerprint density at radius 3 is 2.55 bits per heavy atom. The van der Waals surface area contributed by atoms with Gasteiger partial charge in [-0.05, 0) is 49.1 Å². The van der Waals surface area contributed by atoms with E-state index < -0.39 is 17.2 Å². The number of H-pyrrole nitrogens is 1. The van der Waals surface area contributed by atoms with Gasteiger partial charge in [0, 0.05) is 19.3 Å². The van der Waals surface area contributed by atoms with Crippen LogP contribution in [0.3, 0.4) is 0 Å². The maximum Gasteiger partial charge on any atom is 0.330 e. The highest BCUT2D eigenvalue weighted by Gasteiger charge is 2.27. The summed E-state index contributed by atoms with van der Waals surface area (Å²) in [5, 5.41) is 4.31. The van der Waals surface area contributed by atoms with Crippen molar-refractivity contribution in [2.24, 2.45) is 5.92 Å². The van der Waals surface area contributed by atoms with E-state index >= 15 is 0 Å². The van der Waals surface area contributed by atoms with Crippen molar-refractivity contribution in [3.63, 3.8) is 0 Å². The molecule has 176 valence electrons. The van der Waals surface area contributed by atoms with Crippen LogP contribution in [0.15, 0.2) is 46.1 Å². The number of nitrogens with zero attached hydrogens (tertiary/aromatic N) is 4. The Kier molecular flexibility index (Phi) is 7.47. The molecule has 3 rings (SSSR count). The Labute approximate surface area is 190 Å². The summed E-state index contributed by atoms with van der Waals surface area (Å²) >= 11 is 0. The molecule has 0 saturated carbocycles. The lowest BCUT2D eigenvalue weighted by Gasteiger charge is -2.24. The molecule has 33 heavy (non-hydrogen) atoms. The van der Waals surface area contributed by atoms with Gasteiger partial charge in [0.05, 0.1) is 5.69 Å². The summed E-state index contributed by atoms with van der Waals surface area (Å²) in [5.74, 6) is -0.694. The third kappa shape index (κ3) is 5.39. The number of nitrogens with one attached hydrogen (secondary N) is 1. The number of anilines is 2. The third-order valence-electron chi connectivity index (χ3n) is 5.29. The van der Waals surface area contributed by atoms with Crippen LogP contribution in [-0.2, 0) is 6.54 Å². The highest BCUT2D eigenvalue weighted by molar-refractivity contribution is 6.06. The average molecular weight is 457 g/mol. The molecule has 2 heterocycles. The molecule has 0 fully saturated rings. The molecule has 0 saturated heterocycles. The number of rotatable bonds is 9. The largest absolute Gasteiger partial charge is 0.383 e. The van der Waals surface area contributed by atoms with Gasteiger partial charge in [0.15, 0.2) is 11.4 Å². The summed E-state index contributed by atoms with van der Waals surface area (Å²) in [5.41, 5.74) is 5.53. The Morgan fingerprint density at radius 1 is 1.21 bits per heavy atom. The number of nitrogen functional groups attached to an aromatic ring is 1. The van der Waals surface area contributed by atoms with Crippen LogP contribution < -0.4 is 21.9 Å². The SMILES string of the molecule is CCCCn1c(N)c(N(CCC(C)C)C(=O)c2ccn(-c3ccc(F)cc3)n2)c(=O)[nH]c1=O. The summed E-state index contributed by atoms with van der Waals surface area (Å²) in [6, 6.07) is 7.20. The van der Waals surface area contributed by atoms with Gasteiger partial charge in [-0.1, -0.05) is 27.2 Å². The van der Waals surface area contributed by atoms with Crippen LogP contribution in [0, 0.1) is 11.7 Å². The molecule has 0 unspecified atom stereocenters. The zero-order valence-electron chi connectivity index (χ0n) is 19.0. The van der Waals surface area contributed by atoms with Crippen molar-refractivity contribution in [2.75, 3.05) is 17.2 Å². The fourth-order valence-corrected chi connectivity index (χ4v) is 3.39. The quantitative estimate of drug-likeness (QED) is 0.513. The smallest absolute Gasteiger partial charge is 0.330 e. The Balaban J connectivity index is 2.03. The van der Waals surface area contributed by atoms with E-state index in [9.17, 15) is 18.8 Å². The van der Waals surface area contributed by atoms with Crippen LogP contribution >= 0.6 is 0 Å². The molecule has 0 bridgehead atoms. The van der Waals surface area contributed by atoms with Gasteiger partial charge in [0.2, 0.25) is 0 Å². The molecule has 2 aromatic heterocycles. The monoisotopic (exact) mass is 456 g/mol. The van der Waals surface area contributed by atoms with Crippen LogP contribution in [0.25, 0.3) is 5.69 Å². The second-order valence-corrected chi connectivity index (χ2v) is 8.26. The lowest BCUT2D eigenvalue weighted by Crippen LogP contribution is -2.42. The van der Waals surface area contributed by atoms with E-state index in [0.717, 1.165) is 6.42 Å². The lowest BCUT2D eigenvalue weighted by atomic mass is 10.1. The van der Waals surface area contributed by atoms with Crippen LogP contribution in [0.2, 0.25) is 0 Å². The molecule has 3 aromatic rings. The third-order valence-corrected chi connectivity index (χ3v) is 5.29. The van der Waals surface area contributed by atoms with Crippen molar-refractivity contribution < 1.29 is 9.18 Å². The molecular weight excluding hydrogens is 427 g/mol. The maximum absolute atomic E-state index is 13.5. The van der Waals surface area contributed by atoms with Crippen molar-refractivity contribution in [1.82, 2.24) is 19.3 Å². The second kappa shape index (κ2) is 10.3. The summed E-state index contributed by atoms with van der Waals surface area (Å²) < 4.78 is 16.0. The summed E-state index contributed by atoms with van der Waals surface area (Å²) in [7, 11) is 0. The van der Waals surface area contributed by atoms with E-state index in [1.807, 2.05) is 20.8 Å². The van der Waals surface area contributed by atoms with Crippen molar-refractivity contribution in [3.8, 4) is 5.69 Å². The molecule has 9 nitrogen and oxygen atoms in total. The first-order chi connectivity index (χ1) is 15.7. The molecule has 0 aliphatic carbocycles. The number of carbonyl (C=O) groups excluding carboxylic acids is 1. The zero-order chi connectivity index (χ0) is 24.1. The van der Waals surface area contributed by atoms with E-state index in [1.54, 1.807) is 18.3 Å². The van der Waals surface area contributed by atoms with E-state index in [2.05, 4.69) is 10.1 Å². The van der Waals surface area contributed by atoms with Crippen LogP contribution in [0.1, 0.15) is 50.5 Å². The maximum atomic E-state index is 13.5. The standard InChI is InChI=1S/C23H29FN6O3/c1-4-5-12-29-20(25)19(21(31)26-23(29)33)28(13-10-15(2)3)22(32)18-11-14-30(27-18)17-8-6-16(24)7-9-17/h6-9,11,14-15H,4-5,10,12-13,25H2,1-3H3,(H,26,31,33). The minimum absolute atomic E-state index is 0.0488. The number of amides is 1. The lowest BCUT2D eigenvalue weighted by molar-refractivity contribution is 0.0980. The van der Waals surface area contributed by atoms with Gasteiger partial charge in [0.1, 0.15) is 11.6 Å². The minimum Gasteiger partial charge on any atom is -0.383 e. The number of benzene rings is 1. The Morgan fingerprint density at radius 2 is 1.91 bits per heavy atom. The molecule has 1 aromatic carbocycles. The fraction of sp³-hybridized carbons (Fsp3) is 0.391. The second-order valence-electron chi connectivity index (χ2n) is 8.26. The predicted octanol–water partition coefficient (Wildman–Crippen LogP) is 2.94. The van der Waals surface area contributed by atoms with Gasteiger partial charge in [-0.3, -0.25) is 24.0 Å². The number of unbranched alkanes of at least 4 members (excludes halogenated alkanes) is 1. The molecular formula is C23H29FN6O3. The fourth-order valence-electron chi connectivity index (χ4n) is 3.39. The highest BCUT2D eigenvalue weighted by atomic mass is 19.1. The topological polar surface area (TPSA) is 119 Å². The molecule has 1 amide bonds. The van der Waals surface area contributed by atoms with Gasteiger partial charge in [-0.2, -0.15) is 5.10 Å². The average Bonchev–Trinajstić information content (AvgIpc) is 3.26. The van der Waals surface area contributed by atoms with Gasteiger partial charge < -0.3 is 5.73 Å². The van der Waals surface area contributed by atoms with Crippen molar-refractivity contribution in [1.29, 1.82) is 0 Å². The number of halogens is 1. The number of nitrogens with two attached hydrogens (primary N) is 1. The van der Waals surface area contributed by atoms with Crippen LogP contribution in [-0.4, -0.2) is 31.8 Å². The first-order valence-corrected chi connectivity index (χ1v) is 11.0. The molecule has 0 aliphatic rings. The van der Waals surface area contributed by atoms with Crippen molar-refractivity contribution in [2.45, 2.75) is 46.6 Å². The summed E-state index contributed by atoms with van der Waals surface area (Å²) in [6.07, 6.45) is 3.71. The van der Waals surface area contributed by atoms with Gasteiger partial charge in [-0.25, -0.2) is 13.9 Å². The Hall–Kier alpha value is -3.69. The summed E-state index contributed by atoms with van der Waals surface area (Å²) in [4.78, 5) is 42.1. The van der Waals surface area contributed by atoms with Crippen LogP contribution in [0.4, 0.5) is 15.9 Å². The van der Waals surface area contributed by atoms with Crippen molar-refractivity contribution >= 4 is 17.4 Å². The number of aromatic nitrogens is 4. The molecule has 0 radical (unpaired) electrons. The molecule has 10 heteroatoms. The number of hydrogen-bond acceptors (Lipinski definition) is 5. The molecule has 0 spiro atoms.